The van der Waals surface area contributed by atoms with Crippen LogP contribution in [0.1, 0.15) is 25.8 Å². The second kappa shape index (κ2) is 6.89. The van der Waals surface area contributed by atoms with Crippen LogP contribution in [0.5, 0.6) is 0 Å². The highest BCUT2D eigenvalue weighted by Gasteiger charge is 2.26. The molecule has 1 aliphatic heterocycles. The normalized spacial score (nSPS) is 26.3. The van der Waals surface area contributed by atoms with Crippen LogP contribution in [0, 0.1) is 22.3 Å². The molecule has 1 amide bonds. The van der Waals surface area contributed by atoms with Crippen molar-refractivity contribution in [3.63, 3.8) is 0 Å². The molecule has 4 heteroatoms. The molecule has 1 aromatic rings. The number of nitrogens with one attached hydrogen (secondary N) is 2. The van der Waals surface area contributed by atoms with Gasteiger partial charge in [0.1, 0.15) is 0 Å². The fourth-order valence-electron chi connectivity index (χ4n) is 3.26. The first kappa shape index (κ1) is 15.8. The van der Waals surface area contributed by atoms with Crippen LogP contribution in [0.15, 0.2) is 18.2 Å². The van der Waals surface area contributed by atoms with E-state index in [0.29, 0.717) is 6.54 Å². The second-order valence-electron chi connectivity index (χ2n) is 6.29. The standard InChI is InChI=1S/C16H23IN2O/c1-11-6-12(2)9-19(8-11)10-16(20)18-15-5-4-14(17)7-13(15)3/h4-5,7,11-12H,6,8-10H2,1-3H3,(H,18,20)/p+1/t11-,12-/m1/s1. The summed E-state index contributed by atoms with van der Waals surface area (Å²) in [7, 11) is 0. The summed E-state index contributed by atoms with van der Waals surface area (Å²) in [6.07, 6.45) is 1.29. The molecule has 2 atom stereocenters. The van der Waals surface area contributed by atoms with Crippen molar-refractivity contribution in [1.29, 1.82) is 0 Å². The van der Waals surface area contributed by atoms with Gasteiger partial charge in [-0.15, -0.1) is 0 Å². The average molecular weight is 387 g/mol. The van der Waals surface area contributed by atoms with Gasteiger partial charge in [-0.2, -0.15) is 0 Å². The molecule has 3 nitrogen and oxygen atoms in total. The van der Waals surface area contributed by atoms with Crippen molar-refractivity contribution < 1.29 is 9.69 Å². The molecular weight excluding hydrogens is 363 g/mol. The van der Waals surface area contributed by atoms with Crippen LogP contribution in [0.2, 0.25) is 0 Å². The van der Waals surface area contributed by atoms with E-state index in [9.17, 15) is 4.79 Å². The molecular formula is C16H24IN2O+. The zero-order valence-corrected chi connectivity index (χ0v) is 14.7. The van der Waals surface area contributed by atoms with Crippen molar-refractivity contribution in [1.82, 2.24) is 0 Å². The Balaban J connectivity index is 1.92. The summed E-state index contributed by atoms with van der Waals surface area (Å²) >= 11 is 2.29. The molecule has 0 saturated carbocycles. The first-order valence-electron chi connectivity index (χ1n) is 7.33. The zero-order chi connectivity index (χ0) is 14.7. The van der Waals surface area contributed by atoms with Gasteiger partial charge in [0, 0.05) is 21.1 Å². The van der Waals surface area contributed by atoms with Crippen LogP contribution in [0.25, 0.3) is 0 Å². The molecule has 0 radical (unpaired) electrons. The van der Waals surface area contributed by atoms with E-state index in [0.717, 1.165) is 36.2 Å². The van der Waals surface area contributed by atoms with Gasteiger partial charge < -0.3 is 10.2 Å². The molecule has 2 rings (SSSR count). The first-order chi connectivity index (χ1) is 9.44. The van der Waals surface area contributed by atoms with Crippen molar-refractivity contribution in [2.45, 2.75) is 27.2 Å². The lowest BCUT2D eigenvalue weighted by atomic mass is 9.92. The number of amides is 1. The Morgan fingerprint density at radius 2 is 2.00 bits per heavy atom. The van der Waals surface area contributed by atoms with Crippen molar-refractivity contribution in [3.8, 4) is 0 Å². The lowest BCUT2D eigenvalue weighted by Crippen LogP contribution is -3.15. The highest BCUT2D eigenvalue weighted by atomic mass is 127. The maximum atomic E-state index is 12.2. The maximum absolute atomic E-state index is 12.2. The molecule has 1 saturated heterocycles. The van der Waals surface area contributed by atoms with Crippen LogP contribution in [-0.2, 0) is 4.79 Å². The largest absolute Gasteiger partial charge is 0.327 e. The lowest BCUT2D eigenvalue weighted by molar-refractivity contribution is -0.904. The minimum Gasteiger partial charge on any atom is -0.327 e. The van der Waals surface area contributed by atoms with E-state index in [1.807, 2.05) is 19.1 Å². The number of carbonyl (C=O) groups excluding carboxylic acids is 1. The highest BCUT2D eigenvalue weighted by molar-refractivity contribution is 14.1. The van der Waals surface area contributed by atoms with Crippen LogP contribution < -0.4 is 10.2 Å². The van der Waals surface area contributed by atoms with Crippen molar-refractivity contribution >= 4 is 34.2 Å². The number of rotatable bonds is 3. The first-order valence-corrected chi connectivity index (χ1v) is 8.41. The van der Waals surface area contributed by atoms with Crippen molar-refractivity contribution in [3.05, 3.63) is 27.3 Å². The molecule has 0 aromatic heterocycles. The number of aryl methyl sites for hydroxylation is 1. The third-order valence-electron chi connectivity index (χ3n) is 3.95. The van der Waals surface area contributed by atoms with Crippen molar-refractivity contribution in [2.24, 2.45) is 11.8 Å². The topological polar surface area (TPSA) is 33.5 Å². The van der Waals surface area contributed by atoms with E-state index in [4.69, 9.17) is 0 Å². The molecule has 0 bridgehead atoms. The van der Waals surface area contributed by atoms with E-state index in [1.165, 1.54) is 14.9 Å². The highest BCUT2D eigenvalue weighted by Crippen LogP contribution is 2.17. The number of likely N-dealkylation sites (tertiary alicyclic amines) is 1. The van der Waals surface area contributed by atoms with E-state index < -0.39 is 0 Å². The molecule has 110 valence electrons. The number of hydrogen-bond acceptors (Lipinski definition) is 1. The monoisotopic (exact) mass is 387 g/mol. The molecule has 0 unspecified atom stereocenters. The summed E-state index contributed by atoms with van der Waals surface area (Å²) in [4.78, 5) is 13.6. The van der Waals surface area contributed by atoms with Gasteiger partial charge in [-0.05, 0) is 59.7 Å². The third kappa shape index (κ3) is 4.45. The molecule has 2 N–H and O–H groups in total. The van der Waals surface area contributed by atoms with Gasteiger partial charge >= 0.3 is 0 Å². The number of halogens is 1. The molecule has 20 heavy (non-hydrogen) atoms. The third-order valence-corrected chi connectivity index (χ3v) is 4.62. The quantitative estimate of drug-likeness (QED) is 0.766. The minimum absolute atomic E-state index is 0.130. The molecule has 1 aliphatic rings. The predicted molar refractivity (Wildman–Crippen MR) is 91.0 cm³/mol. The van der Waals surface area contributed by atoms with Crippen LogP contribution in [0.3, 0.4) is 0 Å². The number of anilines is 1. The van der Waals surface area contributed by atoms with Crippen LogP contribution in [0.4, 0.5) is 5.69 Å². The Hall–Kier alpha value is -0.620. The van der Waals surface area contributed by atoms with Crippen LogP contribution in [-0.4, -0.2) is 25.5 Å². The Kier molecular flexibility index (Phi) is 5.43. The lowest BCUT2D eigenvalue weighted by Gasteiger charge is -2.31. The second-order valence-corrected chi connectivity index (χ2v) is 7.53. The summed E-state index contributed by atoms with van der Waals surface area (Å²) in [6.45, 7) is 9.43. The maximum Gasteiger partial charge on any atom is 0.279 e. The van der Waals surface area contributed by atoms with E-state index in [-0.39, 0.29) is 5.91 Å². The Bertz CT molecular complexity index is 479. The van der Waals surface area contributed by atoms with E-state index in [1.54, 1.807) is 0 Å². The zero-order valence-electron chi connectivity index (χ0n) is 12.5. The molecule has 1 fully saturated rings. The predicted octanol–water partition coefficient (Wildman–Crippen LogP) is 2.10. The Morgan fingerprint density at radius 1 is 1.35 bits per heavy atom. The van der Waals surface area contributed by atoms with Gasteiger partial charge in [0.2, 0.25) is 0 Å². The molecule has 0 spiro atoms. The molecule has 1 aromatic carbocycles. The smallest absolute Gasteiger partial charge is 0.279 e. The Labute approximate surface area is 135 Å². The average Bonchev–Trinajstić information content (AvgIpc) is 2.31. The number of benzene rings is 1. The SMILES string of the molecule is Cc1cc(I)ccc1NC(=O)C[NH+]1C[C@H](C)C[C@@H](C)C1. The summed E-state index contributed by atoms with van der Waals surface area (Å²) in [5.74, 6) is 1.58. The molecule has 1 heterocycles. The number of hydrogen-bond donors (Lipinski definition) is 2. The molecule has 0 aliphatic carbocycles. The number of carbonyl (C=O) groups is 1. The van der Waals surface area contributed by atoms with Crippen molar-refractivity contribution in [2.75, 3.05) is 25.0 Å². The van der Waals surface area contributed by atoms with Gasteiger partial charge in [-0.1, -0.05) is 13.8 Å². The summed E-state index contributed by atoms with van der Waals surface area (Å²) < 4.78 is 1.20. The summed E-state index contributed by atoms with van der Waals surface area (Å²) in [5.41, 5.74) is 2.06. The number of quaternary nitrogens is 1. The van der Waals surface area contributed by atoms with E-state index >= 15 is 0 Å². The van der Waals surface area contributed by atoms with Gasteiger partial charge in [-0.3, -0.25) is 4.79 Å². The van der Waals surface area contributed by atoms with Gasteiger partial charge in [0.25, 0.3) is 5.91 Å². The Morgan fingerprint density at radius 3 is 2.60 bits per heavy atom. The summed E-state index contributed by atoms with van der Waals surface area (Å²) in [6, 6.07) is 6.11. The minimum atomic E-state index is 0.130. The number of piperidine rings is 1. The van der Waals surface area contributed by atoms with Gasteiger partial charge in [-0.25, -0.2) is 0 Å². The van der Waals surface area contributed by atoms with E-state index in [2.05, 4.69) is 47.8 Å². The van der Waals surface area contributed by atoms with Gasteiger partial charge in [0.15, 0.2) is 6.54 Å². The van der Waals surface area contributed by atoms with Gasteiger partial charge in [0.05, 0.1) is 13.1 Å². The fraction of sp³-hybridized carbons (Fsp3) is 0.562. The van der Waals surface area contributed by atoms with Crippen LogP contribution >= 0.6 is 22.6 Å². The summed E-state index contributed by atoms with van der Waals surface area (Å²) in [5, 5.41) is 3.05. The fourth-order valence-corrected chi connectivity index (χ4v) is 3.90.